The number of fused-ring (bicyclic) bond motifs is 3. The van der Waals surface area contributed by atoms with Gasteiger partial charge >= 0.3 is 5.97 Å². The van der Waals surface area contributed by atoms with Gasteiger partial charge in [0.15, 0.2) is 11.4 Å². The molecule has 0 aliphatic heterocycles. The Morgan fingerprint density at radius 2 is 1.70 bits per heavy atom. The summed E-state index contributed by atoms with van der Waals surface area (Å²) in [6.07, 6.45) is 0.138. The van der Waals surface area contributed by atoms with E-state index >= 15 is 0 Å². The summed E-state index contributed by atoms with van der Waals surface area (Å²) in [4.78, 5) is 52.7. The third kappa shape index (κ3) is 3.65. The number of nitrogens with two attached hydrogens (primary N) is 1. The lowest BCUT2D eigenvalue weighted by Crippen LogP contribution is -2.63. The number of methoxy groups -OCH3 is 1. The highest BCUT2D eigenvalue weighted by Gasteiger charge is 2.63. The summed E-state index contributed by atoms with van der Waals surface area (Å²) < 4.78 is 4.74. The first-order chi connectivity index (χ1) is 18.8. The molecule has 11 heteroatoms. The second kappa shape index (κ2) is 9.32. The molecular weight excluding hydrogens is 520 g/mol. The number of ether oxygens (including phenoxy) is 1. The number of rotatable bonds is 4. The molecule has 4 atom stereocenters. The zero-order valence-electron chi connectivity index (χ0n) is 22.0. The highest BCUT2D eigenvalue weighted by atomic mass is 16.5. The summed E-state index contributed by atoms with van der Waals surface area (Å²) in [5.74, 6) is -7.54. The Balaban J connectivity index is 1.68. The number of hydrogen-bond acceptors (Lipinski definition) is 10. The van der Waals surface area contributed by atoms with Gasteiger partial charge in [0.25, 0.3) is 5.91 Å². The van der Waals surface area contributed by atoms with Crippen molar-refractivity contribution in [2.24, 2.45) is 17.6 Å². The van der Waals surface area contributed by atoms with Crippen LogP contribution in [0.4, 0.5) is 0 Å². The van der Waals surface area contributed by atoms with Crippen LogP contribution in [-0.4, -0.2) is 81.6 Å². The van der Waals surface area contributed by atoms with Gasteiger partial charge in [0, 0.05) is 11.5 Å². The maximum absolute atomic E-state index is 13.8. The largest absolute Gasteiger partial charge is 0.510 e. The Bertz CT molecular complexity index is 1550. The second-order valence-corrected chi connectivity index (χ2v) is 10.5. The van der Waals surface area contributed by atoms with Crippen LogP contribution in [0.25, 0.3) is 11.1 Å². The highest BCUT2D eigenvalue weighted by molar-refractivity contribution is 6.25. The number of aliphatic hydroxyl groups is 3. The fourth-order valence-corrected chi connectivity index (χ4v) is 6.42. The van der Waals surface area contributed by atoms with Gasteiger partial charge in [-0.25, -0.2) is 4.79 Å². The molecule has 0 saturated carbocycles. The summed E-state index contributed by atoms with van der Waals surface area (Å²) >= 11 is 0. The number of ketones is 2. The number of aliphatic hydroxyl groups excluding tert-OH is 2. The van der Waals surface area contributed by atoms with Crippen molar-refractivity contribution in [1.82, 2.24) is 4.90 Å². The number of benzene rings is 2. The predicted molar refractivity (Wildman–Crippen MR) is 140 cm³/mol. The molecule has 0 fully saturated rings. The van der Waals surface area contributed by atoms with E-state index in [0.717, 1.165) is 0 Å². The molecule has 1 amide bonds. The highest BCUT2D eigenvalue weighted by Crippen LogP contribution is 2.53. The van der Waals surface area contributed by atoms with E-state index in [1.807, 2.05) is 0 Å². The molecule has 2 aromatic rings. The minimum Gasteiger partial charge on any atom is -0.510 e. The van der Waals surface area contributed by atoms with Crippen molar-refractivity contribution in [2.75, 3.05) is 21.2 Å². The first-order valence-corrected chi connectivity index (χ1v) is 12.5. The van der Waals surface area contributed by atoms with Gasteiger partial charge in [-0.1, -0.05) is 18.2 Å². The minimum absolute atomic E-state index is 0.0118. The Hall–Kier alpha value is -4.48. The average Bonchev–Trinajstić information content (AvgIpc) is 2.90. The van der Waals surface area contributed by atoms with E-state index in [9.17, 15) is 39.6 Å². The smallest absolute Gasteiger partial charge is 0.337 e. The number of esters is 1. The Labute approximate surface area is 228 Å². The fraction of sp³-hybridized carbons (Fsp3) is 0.310. The molecule has 0 saturated heterocycles. The molecule has 2 aromatic carbocycles. The number of amides is 1. The van der Waals surface area contributed by atoms with Crippen LogP contribution in [0, 0.1) is 11.8 Å². The summed E-state index contributed by atoms with van der Waals surface area (Å²) in [6.45, 7) is 0. The molecule has 0 radical (unpaired) electrons. The molecule has 3 aliphatic carbocycles. The van der Waals surface area contributed by atoms with Crippen molar-refractivity contribution in [3.8, 4) is 16.9 Å². The predicted octanol–water partition coefficient (Wildman–Crippen LogP) is 1.57. The maximum atomic E-state index is 13.8. The van der Waals surface area contributed by atoms with Crippen LogP contribution < -0.4 is 5.73 Å². The van der Waals surface area contributed by atoms with Crippen LogP contribution in [0.1, 0.15) is 32.7 Å². The lowest BCUT2D eigenvalue weighted by Gasteiger charge is -2.50. The number of carbonyl (C=O) groups excluding carboxylic acids is 4. The van der Waals surface area contributed by atoms with E-state index in [-0.39, 0.29) is 29.7 Å². The van der Waals surface area contributed by atoms with Crippen LogP contribution in [0.15, 0.2) is 59.1 Å². The second-order valence-electron chi connectivity index (χ2n) is 10.5. The molecule has 0 aromatic heterocycles. The van der Waals surface area contributed by atoms with Crippen LogP contribution in [0.3, 0.4) is 0 Å². The summed E-state index contributed by atoms with van der Waals surface area (Å²) in [7, 11) is 4.41. The molecule has 0 unspecified atom stereocenters. The monoisotopic (exact) mass is 548 g/mol. The third-order valence-corrected chi connectivity index (χ3v) is 8.22. The number of phenolic OH excluding ortho intramolecular Hbond substituents is 1. The van der Waals surface area contributed by atoms with Gasteiger partial charge in [0.2, 0.25) is 5.78 Å². The van der Waals surface area contributed by atoms with Crippen molar-refractivity contribution >= 4 is 23.4 Å². The molecule has 5 rings (SSSR count). The molecule has 0 bridgehead atoms. The Morgan fingerprint density at radius 1 is 1.05 bits per heavy atom. The number of primary amides is 1. The van der Waals surface area contributed by atoms with Crippen molar-refractivity contribution in [3.05, 3.63) is 75.8 Å². The molecule has 0 heterocycles. The third-order valence-electron chi connectivity index (χ3n) is 8.22. The van der Waals surface area contributed by atoms with Crippen molar-refractivity contribution in [3.63, 3.8) is 0 Å². The van der Waals surface area contributed by atoms with Crippen LogP contribution in [0.5, 0.6) is 5.75 Å². The van der Waals surface area contributed by atoms with E-state index in [4.69, 9.17) is 10.5 Å². The molecule has 6 N–H and O–H groups in total. The van der Waals surface area contributed by atoms with Crippen LogP contribution in [0.2, 0.25) is 0 Å². The van der Waals surface area contributed by atoms with E-state index in [0.29, 0.717) is 22.3 Å². The first-order valence-electron chi connectivity index (χ1n) is 12.5. The van der Waals surface area contributed by atoms with Gasteiger partial charge in [-0.3, -0.25) is 19.3 Å². The number of aromatic hydroxyl groups is 1. The number of likely N-dealkylation sites (N-methyl/N-ethyl adjacent to an activating group) is 1. The normalized spacial score (nSPS) is 25.9. The maximum Gasteiger partial charge on any atom is 0.337 e. The fourth-order valence-electron chi connectivity index (χ4n) is 6.42. The standard InChI is InChI=1S/C29H28N2O9/c1-31(2)22-17-11-14-10-16-15(12-4-6-13(7-5-12)28(38)40-3)8-9-18(32)20(16)23(33)19(14)25(35)29(17,39)26(36)21(24(22)34)27(30)37/h4-9,14,17,22,32,34-35,39H,10-11H2,1-3H3,(H2,30,37)/t14-,17-,22+,29-/m0/s1. The molecule has 0 spiro atoms. The number of phenols is 1. The van der Waals surface area contributed by atoms with Crippen molar-refractivity contribution in [2.45, 2.75) is 24.5 Å². The van der Waals surface area contributed by atoms with Gasteiger partial charge in [-0.15, -0.1) is 0 Å². The summed E-state index contributed by atoms with van der Waals surface area (Å²) in [5.41, 5.74) is 3.58. The first kappa shape index (κ1) is 27.1. The van der Waals surface area contributed by atoms with Crippen molar-refractivity contribution < 1.29 is 44.3 Å². The Morgan fingerprint density at radius 3 is 2.27 bits per heavy atom. The molecular formula is C29H28N2O9. The van der Waals surface area contributed by atoms with Gasteiger partial charge in [-0.2, -0.15) is 0 Å². The number of hydrogen-bond donors (Lipinski definition) is 5. The molecule has 208 valence electrons. The molecule has 3 aliphatic rings. The average molecular weight is 549 g/mol. The number of carbonyl (C=O) groups is 4. The quantitative estimate of drug-likeness (QED) is 0.277. The summed E-state index contributed by atoms with van der Waals surface area (Å²) in [5, 5.41) is 44.7. The lowest BCUT2D eigenvalue weighted by molar-refractivity contribution is -0.148. The van der Waals surface area contributed by atoms with E-state index < -0.39 is 64.0 Å². The van der Waals surface area contributed by atoms with Gasteiger partial charge < -0.3 is 30.9 Å². The number of allylic oxidation sites excluding steroid dienone is 1. The van der Waals surface area contributed by atoms with E-state index in [1.54, 1.807) is 44.4 Å². The topological polar surface area (TPSA) is 188 Å². The minimum atomic E-state index is -2.69. The Kier molecular flexibility index (Phi) is 6.31. The van der Waals surface area contributed by atoms with Gasteiger partial charge in [0.05, 0.1) is 24.3 Å². The van der Waals surface area contributed by atoms with Crippen LogP contribution >= 0.6 is 0 Å². The lowest BCUT2D eigenvalue weighted by atomic mass is 9.58. The SMILES string of the molecule is COC(=O)c1ccc(-c2ccc(O)c3c2C[C@H]2C[C@H]4[C@@H](N(C)C)C(O)=C(C(N)=O)C(=O)[C@@]4(O)C(O)=C2C3=O)cc1. The zero-order valence-corrected chi connectivity index (χ0v) is 22.0. The molecule has 40 heavy (non-hydrogen) atoms. The number of nitrogens with zero attached hydrogens (tertiary/aromatic N) is 1. The zero-order chi connectivity index (χ0) is 29.3. The van der Waals surface area contributed by atoms with Crippen molar-refractivity contribution in [1.29, 1.82) is 0 Å². The summed E-state index contributed by atoms with van der Waals surface area (Å²) in [6, 6.07) is 8.41. The van der Waals surface area contributed by atoms with Gasteiger partial charge in [0.1, 0.15) is 22.8 Å². The van der Waals surface area contributed by atoms with Crippen LogP contribution in [-0.2, 0) is 20.7 Å². The van der Waals surface area contributed by atoms with E-state index in [1.165, 1.54) is 18.1 Å². The van der Waals surface area contributed by atoms with Gasteiger partial charge in [-0.05, 0) is 67.7 Å². The number of Topliss-reactive ketones (excluding diaryl/α,β-unsaturated/α-hetero) is 2. The molecule has 11 nitrogen and oxygen atoms in total. The van der Waals surface area contributed by atoms with E-state index in [2.05, 4.69) is 0 Å².